The number of hydrogen-bond acceptors (Lipinski definition) is 0. The van der Waals surface area contributed by atoms with E-state index in [4.69, 9.17) is 0 Å². The van der Waals surface area contributed by atoms with E-state index in [1.807, 2.05) is 0 Å². The van der Waals surface area contributed by atoms with Crippen molar-refractivity contribution >= 4 is 22.0 Å². The van der Waals surface area contributed by atoms with Crippen molar-refractivity contribution in [2.24, 2.45) is 0 Å². The highest BCUT2D eigenvalue weighted by atomic mass is 79.9. The third kappa shape index (κ3) is 3.34. The highest BCUT2D eigenvalue weighted by Gasteiger charge is 2.33. The van der Waals surface area contributed by atoms with Crippen molar-refractivity contribution in [3.63, 3.8) is 0 Å². The Morgan fingerprint density at radius 1 is 1.27 bits per heavy atom. The van der Waals surface area contributed by atoms with Gasteiger partial charge in [0.05, 0.1) is 5.56 Å². The second kappa shape index (κ2) is 4.79. The molecule has 1 aromatic rings. The predicted octanol–water partition coefficient (Wildman–Crippen LogP) is 4.25. The lowest BCUT2D eigenvalue weighted by molar-refractivity contribution is -0.137. The molecule has 0 aliphatic carbocycles. The van der Waals surface area contributed by atoms with E-state index >= 15 is 0 Å². The van der Waals surface area contributed by atoms with Crippen LogP contribution in [0.2, 0.25) is 0 Å². The van der Waals surface area contributed by atoms with Gasteiger partial charge < -0.3 is 0 Å². The largest absolute Gasteiger partial charge is 0.417 e. The van der Waals surface area contributed by atoms with Crippen LogP contribution in [0.25, 0.3) is 6.08 Å². The van der Waals surface area contributed by atoms with Crippen molar-refractivity contribution in [1.82, 2.24) is 0 Å². The lowest BCUT2D eigenvalue weighted by atomic mass is 10.1. The molecule has 0 aliphatic rings. The molecule has 82 valence electrons. The van der Waals surface area contributed by atoms with Gasteiger partial charge in [-0.1, -0.05) is 34.1 Å². The molecule has 0 saturated heterocycles. The Kier molecular flexibility index (Phi) is 3.90. The van der Waals surface area contributed by atoms with Gasteiger partial charge >= 0.3 is 6.18 Å². The third-order valence-electron chi connectivity index (χ3n) is 1.71. The molecule has 0 aromatic heterocycles. The molecule has 0 fully saturated rings. The Morgan fingerprint density at radius 2 is 1.93 bits per heavy atom. The number of halogens is 5. The normalized spacial score (nSPS) is 12.3. The minimum atomic E-state index is -4.53. The maximum atomic E-state index is 12.7. The maximum Gasteiger partial charge on any atom is 0.417 e. The van der Waals surface area contributed by atoms with Gasteiger partial charge in [-0.15, -0.1) is 0 Å². The Morgan fingerprint density at radius 3 is 2.47 bits per heavy atom. The molecule has 0 saturated carbocycles. The topological polar surface area (TPSA) is 0 Å². The minimum Gasteiger partial charge on any atom is -0.207 e. The standard InChI is InChI=1S/C10H7BrF4/c11-5-1-2-7-3-4-8(12)6-9(7)10(13,14)15/h1-4,6H,5H2/b2-1+. The van der Waals surface area contributed by atoms with E-state index in [0.717, 1.165) is 12.1 Å². The molecule has 0 bridgehead atoms. The van der Waals surface area contributed by atoms with E-state index in [9.17, 15) is 17.6 Å². The summed E-state index contributed by atoms with van der Waals surface area (Å²) >= 11 is 3.05. The van der Waals surface area contributed by atoms with Crippen LogP contribution in [0.3, 0.4) is 0 Å². The molecule has 0 unspecified atom stereocenters. The first-order valence-corrected chi connectivity index (χ1v) is 5.16. The Hall–Kier alpha value is -0.840. The van der Waals surface area contributed by atoms with Gasteiger partial charge in [-0.25, -0.2) is 4.39 Å². The molecule has 0 atom stereocenters. The molecule has 0 radical (unpaired) electrons. The first-order chi connectivity index (χ1) is 6.95. The van der Waals surface area contributed by atoms with Crippen molar-refractivity contribution in [3.05, 3.63) is 41.2 Å². The molecule has 15 heavy (non-hydrogen) atoms. The highest BCUT2D eigenvalue weighted by Crippen LogP contribution is 2.33. The van der Waals surface area contributed by atoms with Crippen LogP contribution in [-0.4, -0.2) is 5.33 Å². The molecular weight excluding hydrogens is 276 g/mol. The predicted molar refractivity (Wildman–Crippen MR) is 54.2 cm³/mol. The first kappa shape index (κ1) is 12.2. The van der Waals surface area contributed by atoms with Crippen LogP contribution >= 0.6 is 15.9 Å². The fraction of sp³-hybridized carbons (Fsp3) is 0.200. The summed E-state index contributed by atoms with van der Waals surface area (Å²) in [6.45, 7) is 0. The van der Waals surface area contributed by atoms with Crippen LogP contribution in [0.15, 0.2) is 24.3 Å². The van der Waals surface area contributed by atoms with Gasteiger partial charge in [0.25, 0.3) is 0 Å². The van der Waals surface area contributed by atoms with Crippen molar-refractivity contribution < 1.29 is 17.6 Å². The molecule has 0 amide bonds. The van der Waals surface area contributed by atoms with Gasteiger partial charge in [-0.05, 0) is 17.7 Å². The molecule has 0 spiro atoms. The number of rotatable bonds is 2. The van der Waals surface area contributed by atoms with Crippen LogP contribution in [0.4, 0.5) is 17.6 Å². The van der Waals surface area contributed by atoms with Crippen LogP contribution in [0.1, 0.15) is 11.1 Å². The zero-order valence-electron chi connectivity index (χ0n) is 7.48. The number of allylic oxidation sites excluding steroid dienone is 1. The van der Waals surface area contributed by atoms with E-state index in [1.165, 1.54) is 12.2 Å². The smallest absolute Gasteiger partial charge is 0.207 e. The van der Waals surface area contributed by atoms with E-state index in [0.29, 0.717) is 11.4 Å². The van der Waals surface area contributed by atoms with E-state index in [1.54, 1.807) is 0 Å². The Bertz CT molecular complexity index is 368. The van der Waals surface area contributed by atoms with Gasteiger partial charge in [0.2, 0.25) is 0 Å². The maximum absolute atomic E-state index is 12.7. The zero-order chi connectivity index (χ0) is 11.5. The average molecular weight is 283 g/mol. The van der Waals surface area contributed by atoms with Gasteiger partial charge in [0.15, 0.2) is 0 Å². The number of alkyl halides is 4. The quantitative estimate of drug-likeness (QED) is 0.562. The fourth-order valence-corrected chi connectivity index (χ4v) is 1.28. The monoisotopic (exact) mass is 282 g/mol. The molecule has 0 heterocycles. The summed E-state index contributed by atoms with van der Waals surface area (Å²) in [5.41, 5.74) is -0.997. The van der Waals surface area contributed by atoms with Crippen molar-refractivity contribution in [2.45, 2.75) is 6.18 Å². The average Bonchev–Trinajstić information content (AvgIpc) is 2.14. The minimum absolute atomic E-state index is 0.0386. The summed E-state index contributed by atoms with van der Waals surface area (Å²) in [5, 5.41) is 0.446. The Balaban J connectivity index is 3.21. The van der Waals surface area contributed by atoms with Crippen molar-refractivity contribution in [2.75, 3.05) is 5.33 Å². The molecular formula is C10H7BrF4. The van der Waals surface area contributed by atoms with E-state index in [-0.39, 0.29) is 5.56 Å². The van der Waals surface area contributed by atoms with Crippen LogP contribution in [-0.2, 0) is 6.18 Å². The lowest BCUT2D eigenvalue weighted by Crippen LogP contribution is -2.07. The van der Waals surface area contributed by atoms with Crippen LogP contribution in [0, 0.1) is 5.82 Å². The van der Waals surface area contributed by atoms with Crippen LogP contribution < -0.4 is 0 Å². The summed E-state index contributed by atoms with van der Waals surface area (Å²) in [4.78, 5) is 0. The molecule has 5 heteroatoms. The van der Waals surface area contributed by atoms with Crippen LogP contribution in [0.5, 0.6) is 0 Å². The van der Waals surface area contributed by atoms with E-state index in [2.05, 4.69) is 15.9 Å². The molecule has 1 rings (SSSR count). The van der Waals surface area contributed by atoms with Gasteiger partial charge in [0.1, 0.15) is 5.82 Å². The molecule has 0 aliphatic heterocycles. The number of hydrogen-bond donors (Lipinski definition) is 0. The highest BCUT2D eigenvalue weighted by molar-refractivity contribution is 9.09. The second-order valence-corrected chi connectivity index (χ2v) is 3.43. The summed E-state index contributed by atoms with van der Waals surface area (Å²) in [6, 6.07) is 2.61. The molecule has 0 N–H and O–H groups in total. The summed E-state index contributed by atoms with van der Waals surface area (Å²) in [7, 11) is 0. The lowest BCUT2D eigenvalue weighted by Gasteiger charge is -2.09. The SMILES string of the molecule is Fc1ccc(/C=C/CBr)c(C(F)(F)F)c1. The Labute approximate surface area is 92.7 Å². The summed E-state index contributed by atoms with van der Waals surface area (Å²) in [6.07, 6.45) is -1.71. The van der Waals surface area contributed by atoms with Crippen molar-refractivity contribution in [1.29, 1.82) is 0 Å². The van der Waals surface area contributed by atoms with E-state index < -0.39 is 17.6 Å². The fourth-order valence-electron chi connectivity index (χ4n) is 1.09. The zero-order valence-corrected chi connectivity index (χ0v) is 9.07. The third-order valence-corrected chi connectivity index (χ3v) is 2.08. The summed E-state index contributed by atoms with van der Waals surface area (Å²) < 4.78 is 50.0. The number of benzene rings is 1. The second-order valence-electron chi connectivity index (χ2n) is 2.79. The molecule has 0 nitrogen and oxygen atoms in total. The van der Waals surface area contributed by atoms with Gasteiger partial charge in [-0.3, -0.25) is 0 Å². The van der Waals surface area contributed by atoms with Crippen molar-refractivity contribution in [3.8, 4) is 0 Å². The van der Waals surface area contributed by atoms with Gasteiger partial charge in [0, 0.05) is 5.33 Å². The summed E-state index contributed by atoms with van der Waals surface area (Å²) in [5.74, 6) is -0.890. The van der Waals surface area contributed by atoms with Gasteiger partial charge in [-0.2, -0.15) is 13.2 Å². The molecule has 1 aromatic carbocycles. The first-order valence-electron chi connectivity index (χ1n) is 4.04.